The van der Waals surface area contributed by atoms with Crippen molar-refractivity contribution >= 4 is 11.7 Å². The molecule has 98 valence electrons. The number of hydrogen-bond donors (Lipinski definition) is 2. The van der Waals surface area contributed by atoms with Crippen molar-refractivity contribution in [1.29, 1.82) is 0 Å². The number of nitrogens with one attached hydrogen (secondary N) is 1. The average Bonchev–Trinajstić information content (AvgIpc) is 3.04. The molecule has 0 spiro atoms. The zero-order valence-electron chi connectivity index (χ0n) is 10.5. The van der Waals surface area contributed by atoms with Crippen LogP contribution in [0.3, 0.4) is 0 Å². The van der Waals surface area contributed by atoms with Crippen molar-refractivity contribution in [1.82, 2.24) is 0 Å². The van der Waals surface area contributed by atoms with Crippen molar-refractivity contribution in [2.45, 2.75) is 25.8 Å². The third-order valence-electron chi connectivity index (χ3n) is 3.44. The molecule has 1 aliphatic carbocycles. The number of rotatable bonds is 4. The highest BCUT2D eigenvalue weighted by atomic mass is 16.4. The van der Waals surface area contributed by atoms with E-state index < -0.39 is 5.97 Å². The van der Waals surface area contributed by atoms with Crippen LogP contribution in [0.1, 0.15) is 33.9 Å². The fourth-order valence-corrected chi connectivity index (χ4v) is 2.46. The number of carboxylic acids is 1. The Morgan fingerprint density at radius 3 is 2.84 bits per heavy atom. The van der Waals surface area contributed by atoms with Gasteiger partial charge in [0, 0.05) is 5.69 Å². The SMILES string of the molecule is O=C(O)c1ccc(CNc2ccc3c(c2)CCC3)o1. The summed E-state index contributed by atoms with van der Waals surface area (Å²) in [7, 11) is 0. The summed E-state index contributed by atoms with van der Waals surface area (Å²) in [6, 6.07) is 9.55. The van der Waals surface area contributed by atoms with Gasteiger partial charge in [-0.2, -0.15) is 0 Å². The maximum atomic E-state index is 10.7. The van der Waals surface area contributed by atoms with Crippen molar-refractivity contribution < 1.29 is 14.3 Å². The fraction of sp³-hybridized carbons (Fsp3) is 0.267. The van der Waals surface area contributed by atoms with Crippen LogP contribution >= 0.6 is 0 Å². The van der Waals surface area contributed by atoms with Crippen LogP contribution in [0.5, 0.6) is 0 Å². The smallest absolute Gasteiger partial charge is 0.371 e. The molecule has 4 heteroatoms. The predicted octanol–water partition coefficient (Wildman–Crippen LogP) is 3.08. The summed E-state index contributed by atoms with van der Waals surface area (Å²) in [4.78, 5) is 10.7. The largest absolute Gasteiger partial charge is 0.475 e. The van der Waals surface area contributed by atoms with E-state index in [1.165, 1.54) is 30.0 Å². The van der Waals surface area contributed by atoms with Crippen LogP contribution in [0, 0.1) is 0 Å². The van der Waals surface area contributed by atoms with Gasteiger partial charge in [-0.05, 0) is 54.7 Å². The van der Waals surface area contributed by atoms with Crippen LogP contribution in [-0.2, 0) is 19.4 Å². The molecule has 0 saturated heterocycles. The summed E-state index contributed by atoms with van der Waals surface area (Å²) in [6.45, 7) is 0.492. The molecule has 0 saturated carbocycles. The lowest BCUT2D eigenvalue weighted by atomic mass is 10.1. The minimum Gasteiger partial charge on any atom is -0.475 e. The lowest BCUT2D eigenvalue weighted by molar-refractivity contribution is 0.0660. The van der Waals surface area contributed by atoms with E-state index in [-0.39, 0.29) is 5.76 Å². The molecule has 0 bridgehead atoms. The molecule has 1 heterocycles. The molecule has 2 N–H and O–H groups in total. The monoisotopic (exact) mass is 257 g/mol. The molecular formula is C15H15NO3. The quantitative estimate of drug-likeness (QED) is 0.883. The van der Waals surface area contributed by atoms with Gasteiger partial charge in [-0.3, -0.25) is 0 Å². The molecule has 1 aliphatic rings. The molecule has 0 aliphatic heterocycles. The number of anilines is 1. The summed E-state index contributed by atoms with van der Waals surface area (Å²) in [5.74, 6) is -0.438. The molecule has 19 heavy (non-hydrogen) atoms. The molecule has 4 nitrogen and oxygen atoms in total. The molecule has 0 unspecified atom stereocenters. The van der Waals surface area contributed by atoms with Gasteiger partial charge in [0.05, 0.1) is 6.54 Å². The minimum atomic E-state index is -1.04. The van der Waals surface area contributed by atoms with E-state index in [0.717, 1.165) is 12.1 Å². The first-order valence-electron chi connectivity index (χ1n) is 6.40. The number of benzene rings is 1. The summed E-state index contributed by atoms with van der Waals surface area (Å²) in [5.41, 5.74) is 3.90. The highest BCUT2D eigenvalue weighted by Crippen LogP contribution is 2.25. The maximum Gasteiger partial charge on any atom is 0.371 e. The van der Waals surface area contributed by atoms with Gasteiger partial charge in [0.2, 0.25) is 5.76 Å². The van der Waals surface area contributed by atoms with E-state index in [1.54, 1.807) is 6.07 Å². The summed E-state index contributed by atoms with van der Waals surface area (Å²) < 4.78 is 5.20. The lowest BCUT2D eigenvalue weighted by Crippen LogP contribution is -1.99. The van der Waals surface area contributed by atoms with Crippen LogP contribution in [0.15, 0.2) is 34.7 Å². The van der Waals surface area contributed by atoms with Crippen LogP contribution in [0.2, 0.25) is 0 Å². The average molecular weight is 257 g/mol. The summed E-state index contributed by atoms with van der Waals surface area (Å²) in [6.07, 6.45) is 3.56. The van der Waals surface area contributed by atoms with Gasteiger partial charge in [0.15, 0.2) is 0 Å². The standard InChI is InChI=1S/C15H15NO3/c17-15(18)14-7-6-13(19-14)9-16-12-5-4-10-2-1-3-11(10)8-12/h4-8,16H,1-3,9H2,(H,17,18). The molecule has 1 aromatic carbocycles. The maximum absolute atomic E-state index is 10.7. The number of carboxylic acid groups (broad SMARTS) is 1. The van der Waals surface area contributed by atoms with E-state index in [1.807, 2.05) is 0 Å². The van der Waals surface area contributed by atoms with Crippen molar-refractivity contribution in [2.24, 2.45) is 0 Å². The first-order chi connectivity index (χ1) is 9.22. The molecule has 0 fully saturated rings. The molecule has 0 radical (unpaired) electrons. The Balaban J connectivity index is 1.67. The first-order valence-corrected chi connectivity index (χ1v) is 6.40. The van der Waals surface area contributed by atoms with E-state index in [0.29, 0.717) is 12.3 Å². The Morgan fingerprint density at radius 1 is 1.21 bits per heavy atom. The highest BCUT2D eigenvalue weighted by molar-refractivity contribution is 5.84. The fourth-order valence-electron chi connectivity index (χ4n) is 2.46. The van der Waals surface area contributed by atoms with Crippen molar-refractivity contribution in [3.63, 3.8) is 0 Å². The Bertz CT molecular complexity index is 616. The second kappa shape index (κ2) is 4.80. The highest BCUT2D eigenvalue weighted by Gasteiger charge is 2.11. The van der Waals surface area contributed by atoms with Crippen LogP contribution in [-0.4, -0.2) is 11.1 Å². The molecular weight excluding hydrogens is 242 g/mol. The first kappa shape index (κ1) is 11.8. The summed E-state index contributed by atoms with van der Waals surface area (Å²) >= 11 is 0. The minimum absolute atomic E-state index is 0.0225. The van der Waals surface area contributed by atoms with Gasteiger partial charge in [0.25, 0.3) is 0 Å². The van der Waals surface area contributed by atoms with E-state index >= 15 is 0 Å². The second-order valence-electron chi connectivity index (χ2n) is 4.76. The number of hydrogen-bond acceptors (Lipinski definition) is 3. The van der Waals surface area contributed by atoms with Crippen molar-refractivity contribution in [2.75, 3.05) is 5.32 Å². The van der Waals surface area contributed by atoms with Crippen molar-refractivity contribution in [3.05, 3.63) is 53.0 Å². The van der Waals surface area contributed by atoms with Crippen LogP contribution in [0.4, 0.5) is 5.69 Å². The number of carbonyl (C=O) groups is 1. The number of furan rings is 1. The van der Waals surface area contributed by atoms with Crippen LogP contribution in [0.25, 0.3) is 0 Å². The van der Waals surface area contributed by atoms with E-state index in [2.05, 4.69) is 23.5 Å². The third kappa shape index (κ3) is 2.47. The second-order valence-corrected chi connectivity index (χ2v) is 4.76. The number of fused-ring (bicyclic) bond motifs is 1. The Kier molecular flexibility index (Phi) is 2.99. The van der Waals surface area contributed by atoms with Gasteiger partial charge < -0.3 is 14.8 Å². The molecule has 0 amide bonds. The number of aromatic carboxylic acids is 1. The van der Waals surface area contributed by atoms with Gasteiger partial charge in [-0.1, -0.05) is 6.07 Å². The van der Waals surface area contributed by atoms with Gasteiger partial charge in [0.1, 0.15) is 5.76 Å². The lowest BCUT2D eigenvalue weighted by Gasteiger charge is -2.07. The van der Waals surface area contributed by atoms with Gasteiger partial charge >= 0.3 is 5.97 Å². The molecule has 2 aromatic rings. The zero-order valence-corrected chi connectivity index (χ0v) is 10.5. The van der Waals surface area contributed by atoms with E-state index in [4.69, 9.17) is 9.52 Å². The zero-order chi connectivity index (χ0) is 13.2. The van der Waals surface area contributed by atoms with Gasteiger partial charge in [-0.15, -0.1) is 0 Å². The van der Waals surface area contributed by atoms with E-state index in [9.17, 15) is 4.79 Å². The normalized spacial score (nSPS) is 13.3. The molecule has 0 atom stereocenters. The molecule has 3 rings (SSSR count). The third-order valence-corrected chi connectivity index (χ3v) is 3.44. The number of aryl methyl sites for hydroxylation is 2. The Labute approximate surface area is 111 Å². The Morgan fingerprint density at radius 2 is 2.05 bits per heavy atom. The summed E-state index contributed by atoms with van der Waals surface area (Å²) in [5, 5.41) is 12.0. The Hall–Kier alpha value is -2.23. The molecule has 1 aromatic heterocycles. The van der Waals surface area contributed by atoms with Crippen LogP contribution < -0.4 is 5.32 Å². The predicted molar refractivity (Wildman–Crippen MR) is 71.5 cm³/mol. The topological polar surface area (TPSA) is 62.5 Å². The van der Waals surface area contributed by atoms with Crippen molar-refractivity contribution in [3.8, 4) is 0 Å². The van der Waals surface area contributed by atoms with Gasteiger partial charge in [-0.25, -0.2) is 4.79 Å².